The summed E-state index contributed by atoms with van der Waals surface area (Å²) in [5, 5.41) is 0. The standard InChI is InChI=1S/C15H20F2N2O/c1-19(9-11-3-4-12(16)13(17)7-11)14(20)8-15(10-18)5-2-6-15/h3-4,7H,2,5-6,8-10,18H2,1H3. The molecule has 1 amide bonds. The molecule has 2 N–H and O–H groups in total. The van der Waals surface area contributed by atoms with E-state index in [1.54, 1.807) is 11.9 Å². The van der Waals surface area contributed by atoms with Crippen molar-refractivity contribution < 1.29 is 13.6 Å². The van der Waals surface area contributed by atoms with E-state index < -0.39 is 11.6 Å². The predicted molar refractivity (Wildman–Crippen MR) is 72.8 cm³/mol. The van der Waals surface area contributed by atoms with Gasteiger partial charge in [0.2, 0.25) is 5.91 Å². The van der Waals surface area contributed by atoms with E-state index in [0.717, 1.165) is 31.4 Å². The summed E-state index contributed by atoms with van der Waals surface area (Å²) in [6.45, 7) is 0.800. The zero-order valence-electron chi connectivity index (χ0n) is 11.7. The van der Waals surface area contributed by atoms with Gasteiger partial charge in [-0.2, -0.15) is 0 Å². The number of rotatable bonds is 5. The van der Waals surface area contributed by atoms with Crippen molar-refractivity contribution >= 4 is 5.91 Å². The molecule has 0 bridgehead atoms. The van der Waals surface area contributed by atoms with Gasteiger partial charge in [-0.25, -0.2) is 8.78 Å². The van der Waals surface area contributed by atoms with Crippen molar-refractivity contribution in [2.45, 2.75) is 32.2 Å². The third-order valence-corrected chi connectivity index (χ3v) is 4.20. The molecular formula is C15H20F2N2O. The summed E-state index contributed by atoms with van der Waals surface area (Å²) in [7, 11) is 1.67. The van der Waals surface area contributed by atoms with E-state index in [1.807, 2.05) is 0 Å². The maximum Gasteiger partial charge on any atom is 0.223 e. The summed E-state index contributed by atoms with van der Waals surface area (Å²) in [6.07, 6.45) is 3.55. The molecule has 0 aliphatic heterocycles. The Labute approximate surface area is 117 Å². The Hall–Kier alpha value is -1.49. The van der Waals surface area contributed by atoms with Crippen LogP contribution in [0.15, 0.2) is 18.2 Å². The van der Waals surface area contributed by atoms with Crippen LogP contribution in [0.1, 0.15) is 31.2 Å². The zero-order chi connectivity index (χ0) is 14.8. The summed E-state index contributed by atoms with van der Waals surface area (Å²) in [6, 6.07) is 3.70. The Morgan fingerprint density at radius 1 is 1.35 bits per heavy atom. The molecule has 1 saturated carbocycles. The van der Waals surface area contributed by atoms with E-state index in [2.05, 4.69) is 0 Å². The number of amides is 1. The zero-order valence-corrected chi connectivity index (χ0v) is 11.7. The molecule has 20 heavy (non-hydrogen) atoms. The van der Waals surface area contributed by atoms with Crippen molar-refractivity contribution in [1.82, 2.24) is 4.90 Å². The van der Waals surface area contributed by atoms with Crippen LogP contribution in [0.25, 0.3) is 0 Å². The number of nitrogens with zero attached hydrogens (tertiary/aromatic N) is 1. The lowest BCUT2D eigenvalue weighted by atomic mass is 9.66. The lowest BCUT2D eigenvalue weighted by molar-refractivity contribution is -0.134. The monoisotopic (exact) mass is 282 g/mol. The molecule has 110 valence electrons. The quantitative estimate of drug-likeness (QED) is 0.901. The van der Waals surface area contributed by atoms with Gasteiger partial charge in [0.05, 0.1) is 0 Å². The molecule has 3 nitrogen and oxygen atoms in total. The van der Waals surface area contributed by atoms with Crippen molar-refractivity contribution in [2.24, 2.45) is 11.1 Å². The molecular weight excluding hydrogens is 262 g/mol. The van der Waals surface area contributed by atoms with Gasteiger partial charge in [-0.15, -0.1) is 0 Å². The van der Waals surface area contributed by atoms with Crippen LogP contribution in [-0.4, -0.2) is 24.4 Å². The average Bonchev–Trinajstić information content (AvgIpc) is 2.38. The minimum atomic E-state index is -0.888. The first kappa shape index (κ1) is 14.9. The fourth-order valence-corrected chi connectivity index (χ4v) is 2.59. The normalized spacial score (nSPS) is 16.6. The smallest absolute Gasteiger partial charge is 0.223 e. The molecule has 0 atom stereocenters. The minimum absolute atomic E-state index is 0.000108. The predicted octanol–water partition coefficient (Wildman–Crippen LogP) is 2.44. The molecule has 0 unspecified atom stereocenters. The number of carbonyl (C=O) groups excluding carboxylic acids is 1. The van der Waals surface area contributed by atoms with E-state index in [4.69, 9.17) is 5.73 Å². The highest BCUT2D eigenvalue weighted by atomic mass is 19.2. The van der Waals surface area contributed by atoms with E-state index in [-0.39, 0.29) is 17.9 Å². The Kier molecular flexibility index (Phi) is 4.38. The first-order valence-corrected chi connectivity index (χ1v) is 6.84. The van der Waals surface area contributed by atoms with E-state index >= 15 is 0 Å². The van der Waals surface area contributed by atoms with Crippen molar-refractivity contribution in [1.29, 1.82) is 0 Å². The van der Waals surface area contributed by atoms with Gasteiger partial charge in [-0.3, -0.25) is 4.79 Å². The molecule has 0 heterocycles. The van der Waals surface area contributed by atoms with Crippen molar-refractivity contribution in [3.63, 3.8) is 0 Å². The van der Waals surface area contributed by atoms with Gasteiger partial charge in [-0.1, -0.05) is 12.5 Å². The number of hydrogen-bond donors (Lipinski definition) is 1. The molecule has 1 aromatic carbocycles. The topological polar surface area (TPSA) is 46.3 Å². The van der Waals surface area contributed by atoms with Crippen LogP contribution < -0.4 is 5.73 Å². The number of carbonyl (C=O) groups is 1. The molecule has 1 aromatic rings. The largest absolute Gasteiger partial charge is 0.341 e. The van der Waals surface area contributed by atoms with E-state index in [9.17, 15) is 13.6 Å². The van der Waals surface area contributed by atoms with Gasteiger partial charge in [-0.05, 0) is 42.5 Å². The number of nitrogens with two attached hydrogens (primary N) is 1. The van der Waals surface area contributed by atoms with Crippen LogP contribution in [0.3, 0.4) is 0 Å². The van der Waals surface area contributed by atoms with Gasteiger partial charge < -0.3 is 10.6 Å². The maximum atomic E-state index is 13.1. The maximum absolute atomic E-state index is 13.1. The first-order valence-electron chi connectivity index (χ1n) is 6.84. The van der Waals surface area contributed by atoms with Gasteiger partial charge in [0.1, 0.15) is 0 Å². The van der Waals surface area contributed by atoms with Gasteiger partial charge >= 0.3 is 0 Å². The third kappa shape index (κ3) is 3.15. The van der Waals surface area contributed by atoms with Crippen LogP contribution in [0.2, 0.25) is 0 Å². The second-order valence-corrected chi connectivity index (χ2v) is 5.73. The van der Waals surface area contributed by atoms with Crippen molar-refractivity contribution in [3.05, 3.63) is 35.4 Å². The summed E-state index contributed by atoms with van der Waals surface area (Å²) < 4.78 is 26.0. The molecule has 0 aromatic heterocycles. The van der Waals surface area contributed by atoms with E-state index in [0.29, 0.717) is 18.5 Å². The number of halogens is 2. The third-order valence-electron chi connectivity index (χ3n) is 4.20. The fraction of sp³-hybridized carbons (Fsp3) is 0.533. The summed E-state index contributed by atoms with van der Waals surface area (Å²) in [4.78, 5) is 13.7. The lowest BCUT2D eigenvalue weighted by Crippen LogP contribution is -2.42. The van der Waals surface area contributed by atoms with E-state index in [1.165, 1.54) is 6.07 Å². The summed E-state index contributed by atoms with van der Waals surface area (Å²) in [5.41, 5.74) is 6.28. The highest BCUT2D eigenvalue weighted by Gasteiger charge is 2.38. The van der Waals surface area contributed by atoms with Gasteiger partial charge in [0.15, 0.2) is 11.6 Å². The van der Waals surface area contributed by atoms with Crippen LogP contribution in [-0.2, 0) is 11.3 Å². The fourth-order valence-electron chi connectivity index (χ4n) is 2.59. The summed E-state index contributed by atoms with van der Waals surface area (Å²) >= 11 is 0. The summed E-state index contributed by atoms with van der Waals surface area (Å²) in [5.74, 6) is -1.76. The number of benzene rings is 1. The lowest BCUT2D eigenvalue weighted by Gasteiger charge is -2.41. The van der Waals surface area contributed by atoms with Crippen LogP contribution in [0.4, 0.5) is 8.78 Å². The second kappa shape index (κ2) is 5.87. The first-order chi connectivity index (χ1) is 9.46. The van der Waals surface area contributed by atoms with Crippen LogP contribution >= 0.6 is 0 Å². The SMILES string of the molecule is CN(Cc1ccc(F)c(F)c1)C(=O)CC1(CN)CCC1. The van der Waals surface area contributed by atoms with Crippen LogP contribution in [0, 0.1) is 17.0 Å². The van der Waals surface area contributed by atoms with Crippen LogP contribution in [0.5, 0.6) is 0 Å². The molecule has 2 rings (SSSR count). The Balaban J connectivity index is 1.95. The highest BCUT2D eigenvalue weighted by molar-refractivity contribution is 5.76. The van der Waals surface area contributed by atoms with Gasteiger partial charge in [0, 0.05) is 20.0 Å². The van der Waals surface area contributed by atoms with Crippen molar-refractivity contribution in [3.8, 4) is 0 Å². The second-order valence-electron chi connectivity index (χ2n) is 5.73. The Morgan fingerprint density at radius 2 is 2.05 bits per heavy atom. The molecule has 0 spiro atoms. The molecule has 0 saturated heterocycles. The molecule has 5 heteroatoms. The molecule has 0 radical (unpaired) electrons. The highest BCUT2D eigenvalue weighted by Crippen LogP contribution is 2.43. The molecule has 1 fully saturated rings. The number of hydrogen-bond acceptors (Lipinski definition) is 2. The molecule has 1 aliphatic carbocycles. The van der Waals surface area contributed by atoms with Gasteiger partial charge in [0.25, 0.3) is 0 Å². The Morgan fingerprint density at radius 3 is 2.55 bits per heavy atom. The van der Waals surface area contributed by atoms with Crippen molar-refractivity contribution in [2.75, 3.05) is 13.6 Å². The Bertz CT molecular complexity index is 495. The average molecular weight is 282 g/mol. The molecule has 1 aliphatic rings. The minimum Gasteiger partial charge on any atom is -0.341 e.